The van der Waals surface area contributed by atoms with Gasteiger partial charge in [0.15, 0.2) is 17.5 Å². The van der Waals surface area contributed by atoms with Crippen LogP contribution in [-0.4, -0.2) is 15.0 Å². The fourth-order valence-corrected chi connectivity index (χ4v) is 11.2. The van der Waals surface area contributed by atoms with E-state index in [0.717, 1.165) is 60.9 Å². The first-order valence-electron chi connectivity index (χ1n) is 22.1. The van der Waals surface area contributed by atoms with Crippen LogP contribution in [0.4, 0.5) is 0 Å². The van der Waals surface area contributed by atoms with Gasteiger partial charge in [-0.2, -0.15) is 0 Å². The number of rotatable bonds is 6. The maximum atomic E-state index is 6.59. The van der Waals surface area contributed by atoms with Crippen molar-refractivity contribution in [2.45, 2.75) is 19.3 Å². The Morgan fingerprint density at radius 3 is 1.77 bits per heavy atom. The van der Waals surface area contributed by atoms with Crippen LogP contribution in [0, 0.1) is 0 Å². The zero-order chi connectivity index (χ0) is 43.2. The molecular weight excluding hydrogens is 811 g/mol. The van der Waals surface area contributed by atoms with Crippen molar-refractivity contribution >= 4 is 53.4 Å². The Kier molecular flexibility index (Phi) is 8.39. The molecule has 0 unspecified atom stereocenters. The predicted octanol–water partition coefficient (Wildman–Crippen LogP) is 16.4. The summed E-state index contributed by atoms with van der Waals surface area (Å²) in [4.78, 5) is 15.8. The molecule has 0 N–H and O–H groups in total. The molecule has 0 atom stereocenters. The Morgan fingerprint density at radius 2 is 0.923 bits per heavy atom. The van der Waals surface area contributed by atoms with Crippen molar-refractivity contribution in [1.29, 1.82) is 0 Å². The van der Waals surface area contributed by atoms with Crippen LogP contribution in [-0.2, 0) is 5.41 Å². The maximum Gasteiger partial charge on any atom is 0.164 e. The number of fused-ring (bicyclic) bond motifs is 9. The summed E-state index contributed by atoms with van der Waals surface area (Å²) in [6.07, 6.45) is 0. The summed E-state index contributed by atoms with van der Waals surface area (Å²) in [6, 6.07) is 71.4. The molecule has 0 aliphatic heterocycles. The van der Waals surface area contributed by atoms with Gasteiger partial charge in [0.2, 0.25) is 0 Å². The summed E-state index contributed by atoms with van der Waals surface area (Å²) in [6.45, 7) is 4.66. The normalized spacial score (nSPS) is 12.9. The SMILES string of the molecule is CC1(C)c2ccccc2-c2cc(-c3cccc(-c4ccc5oc6cccc(-c7nc(-c8cccc(-c9ccccc9)c8)nc(-c8ccc9c(c8)sc8ccccc89)n7)c6c5c4)c3)ccc21. The molecule has 5 heteroatoms. The first-order chi connectivity index (χ1) is 31.9. The molecular formula is C60H39N3OS. The standard InChI is InChI=1S/C60H39N3OS/c1-60(2)50-22-8-6-19-44(50)48-33-40(26-29-51(48)60)38-16-10-17-39(31-38)41-27-30-52-49(34-41)56-47(21-12-23-53(56)64-52)59-62-57(42-18-11-15-37(32-42)36-13-4-3-5-14-36)61-58(63-59)43-25-28-46-45-20-7-9-24-54(45)65-55(46)35-43/h3-35H,1-2H3. The van der Waals surface area contributed by atoms with Crippen molar-refractivity contribution in [2.24, 2.45) is 0 Å². The van der Waals surface area contributed by atoms with Crippen molar-refractivity contribution in [3.05, 3.63) is 211 Å². The molecule has 0 amide bonds. The van der Waals surface area contributed by atoms with Gasteiger partial charge < -0.3 is 4.42 Å². The summed E-state index contributed by atoms with van der Waals surface area (Å²) < 4.78 is 9.05. The second-order valence-electron chi connectivity index (χ2n) is 17.6. The molecule has 0 radical (unpaired) electrons. The van der Waals surface area contributed by atoms with Gasteiger partial charge in [0.25, 0.3) is 0 Å². The molecule has 1 aliphatic rings. The second-order valence-corrected chi connectivity index (χ2v) is 18.6. The highest BCUT2D eigenvalue weighted by molar-refractivity contribution is 7.25. The van der Waals surface area contributed by atoms with Crippen molar-refractivity contribution in [3.63, 3.8) is 0 Å². The molecule has 12 aromatic rings. The van der Waals surface area contributed by atoms with Gasteiger partial charge in [0, 0.05) is 53.1 Å². The van der Waals surface area contributed by atoms with Gasteiger partial charge in [-0.25, -0.2) is 15.0 Å². The van der Waals surface area contributed by atoms with Crippen LogP contribution in [0.25, 0.3) is 121 Å². The first-order valence-corrected chi connectivity index (χ1v) is 22.9. The molecule has 0 bridgehead atoms. The van der Waals surface area contributed by atoms with Crippen molar-refractivity contribution in [2.75, 3.05) is 0 Å². The van der Waals surface area contributed by atoms with E-state index in [4.69, 9.17) is 19.4 Å². The van der Waals surface area contributed by atoms with E-state index in [9.17, 15) is 0 Å². The lowest BCUT2D eigenvalue weighted by molar-refractivity contribution is 0.660. The van der Waals surface area contributed by atoms with E-state index < -0.39 is 0 Å². The van der Waals surface area contributed by atoms with Gasteiger partial charge in [-0.15, -0.1) is 11.3 Å². The highest BCUT2D eigenvalue weighted by Crippen LogP contribution is 2.50. The third kappa shape index (κ3) is 6.15. The molecule has 0 spiro atoms. The van der Waals surface area contributed by atoms with Gasteiger partial charge in [0.05, 0.1) is 0 Å². The minimum atomic E-state index is -0.0280. The van der Waals surface area contributed by atoms with Gasteiger partial charge in [-0.3, -0.25) is 0 Å². The molecule has 3 heterocycles. The van der Waals surface area contributed by atoms with E-state index in [2.05, 4.69) is 196 Å². The number of benzene rings is 9. The van der Waals surface area contributed by atoms with Gasteiger partial charge in [-0.1, -0.05) is 166 Å². The molecule has 13 rings (SSSR count). The van der Waals surface area contributed by atoms with Crippen LogP contribution in [0.3, 0.4) is 0 Å². The average Bonchev–Trinajstić information content (AvgIpc) is 4.01. The quantitative estimate of drug-likeness (QED) is 0.167. The van der Waals surface area contributed by atoms with E-state index in [1.54, 1.807) is 11.3 Å². The Bertz CT molecular complexity index is 3880. The first kappa shape index (κ1) is 37.6. The molecule has 65 heavy (non-hydrogen) atoms. The molecule has 3 aromatic heterocycles. The Labute approximate surface area is 380 Å². The lowest BCUT2D eigenvalue weighted by Gasteiger charge is -2.21. The Balaban J connectivity index is 0.949. The molecule has 4 nitrogen and oxygen atoms in total. The van der Waals surface area contributed by atoms with E-state index in [1.807, 2.05) is 18.2 Å². The zero-order valence-electron chi connectivity index (χ0n) is 35.7. The lowest BCUT2D eigenvalue weighted by atomic mass is 9.82. The molecule has 0 fully saturated rings. The summed E-state index contributed by atoms with van der Waals surface area (Å²) in [5.41, 5.74) is 16.6. The van der Waals surface area contributed by atoms with Crippen molar-refractivity contribution < 1.29 is 4.42 Å². The van der Waals surface area contributed by atoms with Crippen LogP contribution >= 0.6 is 11.3 Å². The maximum absolute atomic E-state index is 6.59. The van der Waals surface area contributed by atoms with Crippen LogP contribution in [0.1, 0.15) is 25.0 Å². The highest BCUT2D eigenvalue weighted by Gasteiger charge is 2.35. The second kappa shape index (κ2) is 14.5. The van der Waals surface area contributed by atoms with Crippen LogP contribution in [0.5, 0.6) is 0 Å². The fourth-order valence-electron chi connectivity index (χ4n) is 10.1. The number of thiophene rings is 1. The molecule has 0 saturated heterocycles. The van der Waals surface area contributed by atoms with Gasteiger partial charge >= 0.3 is 0 Å². The minimum absolute atomic E-state index is 0.0280. The number of hydrogen-bond acceptors (Lipinski definition) is 5. The summed E-state index contributed by atoms with van der Waals surface area (Å²) in [7, 11) is 0. The molecule has 0 saturated carbocycles. The number of hydrogen-bond donors (Lipinski definition) is 0. The van der Waals surface area contributed by atoms with Gasteiger partial charge in [0.1, 0.15) is 11.2 Å². The lowest BCUT2D eigenvalue weighted by Crippen LogP contribution is -2.14. The third-order valence-electron chi connectivity index (χ3n) is 13.3. The Hall–Kier alpha value is -7.99. The highest BCUT2D eigenvalue weighted by atomic mass is 32.1. The molecule has 1 aliphatic carbocycles. The summed E-state index contributed by atoms with van der Waals surface area (Å²) >= 11 is 1.79. The number of nitrogens with zero attached hydrogens (tertiary/aromatic N) is 3. The Morgan fingerprint density at radius 1 is 0.354 bits per heavy atom. The summed E-state index contributed by atoms with van der Waals surface area (Å²) in [5.74, 6) is 1.82. The van der Waals surface area contributed by atoms with Gasteiger partial charge in [-0.05, 0) is 104 Å². The topological polar surface area (TPSA) is 51.8 Å². The fraction of sp³-hybridized carbons (Fsp3) is 0.0500. The van der Waals surface area contributed by atoms with E-state index >= 15 is 0 Å². The number of aromatic nitrogens is 3. The van der Waals surface area contributed by atoms with Crippen LogP contribution in [0.15, 0.2) is 205 Å². The van der Waals surface area contributed by atoms with E-state index in [0.29, 0.717) is 17.5 Å². The zero-order valence-corrected chi connectivity index (χ0v) is 36.5. The largest absolute Gasteiger partial charge is 0.456 e. The summed E-state index contributed by atoms with van der Waals surface area (Å²) in [5, 5.41) is 4.48. The van der Waals surface area contributed by atoms with E-state index in [-0.39, 0.29) is 5.41 Å². The number of furan rings is 1. The van der Waals surface area contributed by atoms with Crippen molar-refractivity contribution in [3.8, 4) is 78.7 Å². The van der Waals surface area contributed by atoms with Crippen LogP contribution in [0.2, 0.25) is 0 Å². The minimum Gasteiger partial charge on any atom is -0.456 e. The monoisotopic (exact) mass is 849 g/mol. The third-order valence-corrected chi connectivity index (χ3v) is 14.5. The average molecular weight is 850 g/mol. The van der Waals surface area contributed by atoms with Crippen molar-refractivity contribution in [1.82, 2.24) is 15.0 Å². The van der Waals surface area contributed by atoms with E-state index in [1.165, 1.54) is 53.6 Å². The smallest absolute Gasteiger partial charge is 0.164 e. The molecule has 9 aromatic carbocycles. The predicted molar refractivity (Wildman–Crippen MR) is 270 cm³/mol. The van der Waals surface area contributed by atoms with Crippen LogP contribution < -0.4 is 0 Å². The molecule has 306 valence electrons.